The number of thiophene rings is 1. The highest BCUT2D eigenvalue weighted by Crippen LogP contribution is 2.37. The van der Waals surface area contributed by atoms with Gasteiger partial charge in [0.15, 0.2) is 0 Å². The van der Waals surface area contributed by atoms with Crippen LogP contribution in [0.25, 0.3) is 0 Å². The number of amides is 3. The van der Waals surface area contributed by atoms with E-state index in [1.165, 1.54) is 30.4 Å². The van der Waals surface area contributed by atoms with Crippen molar-refractivity contribution in [2.24, 2.45) is 0 Å². The van der Waals surface area contributed by atoms with Gasteiger partial charge < -0.3 is 5.32 Å². The summed E-state index contributed by atoms with van der Waals surface area (Å²) in [5, 5.41) is 3.97. The molecule has 0 saturated carbocycles. The molecule has 0 atom stereocenters. The number of fused-ring (bicyclic) bond motifs is 1. The predicted molar refractivity (Wildman–Crippen MR) is 111 cm³/mol. The van der Waals surface area contributed by atoms with Crippen LogP contribution < -0.4 is 16.2 Å². The van der Waals surface area contributed by atoms with Crippen molar-refractivity contribution < 1.29 is 14.4 Å². The second-order valence-corrected chi connectivity index (χ2v) is 8.49. The molecule has 1 heterocycles. The van der Waals surface area contributed by atoms with E-state index < -0.39 is 11.8 Å². The van der Waals surface area contributed by atoms with Crippen molar-refractivity contribution in [3.63, 3.8) is 0 Å². The Morgan fingerprint density at radius 2 is 1.61 bits per heavy atom. The van der Waals surface area contributed by atoms with Gasteiger partial charge in [0.25, 0.3) is 11.8 Å². The number of anilines is 1. The van der Waals surface area contributed by atoms with Crippen LogP contribution in [0.2, 0.25) is 10.0 Å². The summed E-state index contributed by atoms with van der Waals surface area (Å²) in [6.07, 6.45) is 4.72. The van der Waals surface area contributed by atoms with Crippen molar-refractivity contribution in [1.29, 1.82) is 0 Å². The molecule has 1 aromatic heterocycles. The zero-order chi connectivity index (χ0) is 20.3. The topological polar surface area (TPSA) is 87.3 Å². The van der Waals surface area contributed by atoms with Gasteiger partial charge >= 0.3 is 0 Å². The van der Waals surface area contributed by atoms with Gasteiger partial charge in [0.1, 0.15) is 5.00 Å². The zero-order valence-corrected chi connectivity index (χ0v) is 17.5. The van der Waals surface area contributed by atoms with E-state index in [4.69, 9.17) is 23.2 Å². The molecule has 0 spiro atoms. The van der Waals surface area contributed by atoms with E-state index in [2.05, 4.69) is 16.2 Å². The first-order valence-corrected chi connectivity index (χ1v) is 10.4. The maximum absolute atomic E-state index is 12.7. The number of carbonyl (C=O) groups is 3. The molecule has 9 heteroatoms. The Balaban J connectivity index is 1.94. The van der Waals surface area contributed by atoms with E-state index in [1.807, 2.05) is 0 Å². The largest absolute Gasteiger partial charge is 0.313 e. The monoisotopic (exact) mass is 439 g/mol. The maximum Gasteiger partial charge on any atom is 0.272 e. The number of nitrogens with one attached hydrogen (secondary N) is 3. The molecule has 0 bridgehead atoms. The van der Waals surface area contributed by atoms with Crippen LogP contribution in [0.15, 0.2) is 18.2 Å². The molecule has 0 radical (unpaired) electrons. The molecule has 0 unspecified atom stereocenters. The van der Waals surface area contributed by atoms with Gasteiger partial charge in [0, 0.05) is 27.4 Å². The first-order valence-electron chi connectivity index (χ1n) is 8.84. The summed E-state index contributed by atoms with van der Waals surface area (Å²) < 4.78 is 0. The first-order chi connectivity index (χ1) is 13.3. The Kier molecular flexibility index (Phi) is 6.59. The molecule has 28 heavy (non-hydrogen) atoms. The molecule has 3 N–H and O–H groups in total. The lowest BCUT2D eigenvalue weighted by Crippen LogP contribution is -2.40. The Morgan fingerprint density at radius 3 is 2.29 bits per heavy atom. The molecule has 1 aliphatic rings. The number of halogens is 2. The number of hydrogen-bond acceptors (Lipinski definition) is 4. The molecule has 0 fully saturated rings. The van der Waals surface area contributed by atoms with Gasteiger partial charge in [-0.25, -0.2) is 0 Å². The molecule has 3 amide bonds. The number of benzene rings is 1. The van der Waals surface area contributed by atoms with E-state index >= 15 is 0 Å². The average Bonchev–Trinajstić information content (AvgIpc) is 2.80. The van der Waals surface area contributed by atoms with Crippen molar-refractivity contribution in [1.82, 2.24) is 10.9 Å². The lowest BCUT2D eigenvalue weighted by molar-refractivity contribution is -0.119. The summed E-state index contributed by atoms with van der Waals surface area (Å²) in [7, 11) is 0. The van der Waals surface area contributed by atoms with Crippen molar-refractivity contribution in [3.05, 3.63) is 49.8 Å². The van der Waals surface area contributed by atoms with Crippen LogP contribution in [0.1, 0.15) is 57.3 Å². The van der Waals surface area contributed by atoms with Crippen molar-refractivity contribution in [3.8, 4) is 0 Å². The van der Waals surface area contributed by atoms with Crippen LogP contribution in [0.3, 0.4) is 0 Å². The number of hydrogen-bond donors (Lipinski definition) is 3. The van der Waals surface area contributed by atoms with Gasteiger partial charge in [-0.2, -0.15) is 0 Å². The highest BCUT2D eigenvalue weighted by atomic mass is 35.5. The third-order valence-corrected chi connectivity index (χ3v) is 6.00. The maximum atomic E-state index is 12.7. The van der Waals surface area contributed by atoms with Crippen LogP contribution in [0, 0.1) is 0 Å². The lowest BCUT2D eigenvalue weighted by Gasteiger charge is -2.10. The van der Waals surface area contributed by atoms with Gasteiger partial charge in [-0.05, 0) is 49.4 Å². The van der Waals surface area contributed by atoms with E-state index in [9.17, 15) is 14.4 Å². The molecule has 0 aliphatic heterocycles. The van der Waals surface area contributed by atoms with Gasteiger partial charge in [-0.15, -0.1) is 11.3 Å². The molecular weight excluding hydrogens is 421 g/mol. The minimum Gasteiger partial charge on any atom is -0.313 e. The molecule has 3 rings (SSSR count). The summed E-state index contributed by atoms with van der Waals surface area (Å²) in [5.74, 6) is -1.24. The van der Waals surface area contributed by atoms with Crippen molar-refractivity contribution in [2.45, 2.75) is 39.0 Å². The summed E-state index contributed by atoms with van der Waals surface area (Å²) in [4.78, 5) is 37.7. The number of hydrazine groups is 1. The van der Waals surface area contributed by atoms with Crippen LogP contribution in [-0.4, -0.2) is 17.7 Å². The summed E-state index contributed by atoms with van der Waals surface area (Å²) >= 11 is 13.4. The SMILES string of the molecule is CC(=O)NNC(=O)c1c(NC(=O)c2cc(Cl)cc(Cl)c2)sc2c1CCCCC2. The Labute approximate surface area is 176 Å². The molecule has 6 nitrogen and oxygen atoms in total. The summed E-state index contributed by atoms with van der Waals surface area (Å²) in [5.41, 5.74) is 6.34. The Bertz CT molecular complexity index is 922. The normalized spacial score (nSPS) is 13.2. The molecule has 1 aliphatic carbocycles. The van der Waals surface area contributed by atoms with Gasteiger partial charge in [0.2, 0.25) is 5.91 Å². The fourth-order valence-corrected chi connectivity index (χ4v) is 4.95. The van der Waals surface area contributed by atoms with Crippen molar-refractivity contribution >= 4 is 57.3 Å². The van der Waals surface area contributed by atoms with E-state index in [0.29, 0.717) is 26.2 Å². The first kappa shape index (κ1) is 20.6. The molecule has 2 aromatic rings. The zero-order valence-electron chi connectivity index (χ0n) is 15.2. The quantitative estimate of drug-likeness (QED) is 0.490. The van der Waals surface area contributed by atoms with E-state index in [-0.39, 0.29) is 5.91 Å². The number of rotatable bonds is 3. The number of aryl methyl sites for hydroxylation is 1. The third kappa shape index (κ3) is 4.84. The van der Waals surface area contributed by atoms with Crippen LogP contribution in [-0.2, 0) is 17.6 Å². The highest BCUT2D eigenvalue weighted by molar-refractivity contribution is 7.17. The Morgan fingerprint density at radius 1 is 0.929 bits per heavy atom. The van der Waals surface area contributed by atoms with Gasteiger partial charge in [-0.1, -0.05) is 29.6 Å². The van der Waals surface area contributed by atoms with E-state index in [0.717, 1.165) is 42.5 Å². The standard InChI is InChI=1S/C19H19Cl2N3O3S/c1-10(25)23-24-18(27)16-14-5-3-2-4-6-15(14)28-19(16)22-17(26)11-7-12(20)9-13(21)8-11/h7-9H,2-6H2,1H3,(H,22,26)(H,23,25)(H,24,27). The second-order valence-electron chi connectivity index (χ2n) is 6.52. The van der Waals surface area contributed by atoms with E-state index in [1.54, 1.807) is 6.07 Å². The fourth-order valence-electron chi connectivity index (χ4n) is 3.14. The molecular formula is C19H19Cl2N3O3S. The van der Waals surface area contributed by atoms with Crippen molar-refractivity contribution in [2.75, 3.05) is 5.32 Å². The summed E-state index contributed by atoms with van der Waals surface area (Å²) in [6.45, 7) is 1.31. The molecule has 148 valence electrons. The Hall–Kier alpha value is -2.09. The van der Waals surface area contributed by atoms with Gasteiger partial charge in [-0.3, -0.25) is 25.2 Å². The average molecular weight is 440 g/mol. The molecule has 1 aromatic carbocycles. The highest BCUT2D eigenvalue weighted by Gasteiger charge is 2.26. The molecule has 0 saturated heterocycles. The fraction of sp³-hybridized carbons (Fsp3) is 0.316. The lowest BCUT2D eigenvalue weighted by atomic mass is 10.0. The minimum absolute atomic E-state index is 0.300. The number of carbonyl (C=O) groups excluding carboxylic acids is 3. The van der Waals surface area contributed by atoms with Crippen LogP contribution in [0.4, 0.5) is 5.00 Å². The predicted octanol–water partition coefficient (Wildman–Crippen LogP) is 4.36. The smallest absolute Gasteiger partial charge is 0.272 e. The third-order valence-electron chi connectivity index (χ3n) is 4.35. The second kappa shape index (κ2) is 8.94. The summed E-state index contributed by atoms with van der Waals surface area (Å²) in [6, 6.07) is 4.57. The minimum atomic E-state index is -0.450. The van der Waals surface area contributed by atoms with Crippen LogP contribution >= 0.6 is 34.5 Å². The van der Waals surface area contributed by atoms with Gasteiger partial charge in [0.05, 0.1) is 5.56 Å². The van der Waals surface area contributed by atoms with Crippen LogP contribution in [0.5, 0.6) is 0 Å².